The molecule has 1 unspecified atom stereocenters. The molecule has 0 aliphatic carbocycles. The van der Waals surface area contributed by atoms with Gasteiger partial charge in [0.15, 0.2) is 0 Å². The van der Waals surface area contributed by atoms with Crippen molar-refractivity contribution in [3.8, 4) is 6.07 Å². The predicted molar refractivity (Wildman–Crippen MR) is 59.5 cm³/mol. The standard InChI is InChI=1S/C11H19N3O2/c1-2-10(9-12)11(16)14-5-3-13(4-6-14)7-8-15/h10,15H,2-8H2,1H3. The lowest BCUT2D eigenvalue weighted by atomic mass is 10.1. The molecule has 1 atom stereocenters. The number of β-amino-alcohol motifs (C(OH)–C–C–N with tert-alkyl or cyclic N) is 1. The largest absolute Gasteiger partial charge is 0.395 e. The van der Waals surface area contributed by atoms with Gasteiger partial charge in [-0.3, -0.25) is 9.69 Å². The first kappa shape index (κ1) is 12.9. The molecule has 1 N–H and O–H groups in total. The third-order valence-electron chi connectivity index (χ3n) is 2.96. The van der Waals surface area contributed by atoms with E-state index >= 15 is 0 Å². The van der Waals surface area contributed by atoms with Gasteiger partial charge in [0.05, 0.1) is 12.7 Å². The molecule has 0 aromatic carbocycles. The number of aliphatic hydroxyl groups is 1. The monoisotopic (exact) mass is 225 g/mol. The number of hydrogen-bond acceptors (Lipinski definition) is 4. The van der Waals surface area contributed by atoms with Crippen LogP contribution in [0, 0.1) is 17.2 Å². The van der Waals surface area contributed by atoms with Crippen LogP contribution in [0.15, 0.2) is 0 Å². The minimum absolute atomic E-state index is 0.0475. The van der Waals surface area contributed by atoms with E-state index in [1.165, 1.54) is 0 Å². The van der Waals surface area contributed by atoms with Crippen molar-refractivity contribution in [3.05, 3.63) is 0 Å². The van der Waals surface area contributed by atoms with Crippen molar-refractivity contribution in [1.82, 2.24) is 9.80 Å². The van der Waals surface area contributed by atoms with Crippen molar-refractivity contribution in [3.63, 3.8) is 0 Å². The Bertz CT molecular complexity index is 267. The van der Waals surface area contributed by atoms with Crippen molar-refractivity contribution in [2.75, 3.05) is 39.3 Å². The quantitative estimate of drug-likeness (QED) is 0.711. The Morgan fingerprint density at radius 2 is 2.06 bits per heavy atom. The number of carbonyl (C=O) groups excluding carboxylic acids is 1. The second-order valence-electron chi connectivity index (χ2n) is 3.98. The van der Waals surface area contributed by atoms with Gasteiger partial charge >= 0.3 is 0 Å². The summed E-state index contributed by atoms with van der Waals surface area (Å²) < 4.78 is 0. The Morgan fingerprint density at radius 3 is 2.50 bits per heavy atom. The molecule has 0 spiro atoms. The first-order valence-electron chi connectivity index (χ1n) is 5.74. The molecule has 0 aromatic rings. The van der Waals surface area contributed by atoms with Gasteiger partial charge < -0.3 is 10.0 Å². The number of rotatable bonds is 4. The normalized spacial score (nSPS) is 19.2. The first-order valence-corrected chi connectivity index (χ1v) is 5.74. The highest BCUT2D eigenvalue weighted by Gasteiger charge is 2.25. The van der Waals surface area contributed by atoms with Gasteiger partial charge in [-0.25, -0.2) is 0 Å². The summed E-state index contributed by atoms with van der Waals surface area (Å²) in [5.41, 5.74) is 0. The van der Waals surface area contributed by atoms with E-state index in [1.807, 2.05) is 13.0 Å². The molecule has 1 saturated heterocycles. The zero-order chi connectivity index (χ0) is 12.0. The second-order valence-corrected chi connectivity index (χ2v) is 3.98. The summed E-state index contributed by atoms with van der Waals surface area (Å²) in [7, 11) is 0. The second kappa shape index (κ2) is 6.46. The van der Waals surface area contributed by atoms with E-state index in [0.29, 0.717) is 26.1 Å². The number of nitriles is 1. The number of aliphatic hydroxyl groups excluding tert-OH is 1. The maximum absolute atomic E-state index is 11.9. The summed E-state index contributed by atoms with van der Waals surface area (Å²) in [6.07, 6.45) is 0.576. The lowest BCUT2D eigenvalue weighted by Crippen LogP contribution is -2.50. The minimum Gasteiger partial charge on any atom is -0.395 e. The van der Waals surface area contributed by atoms with Crippen LogP contribution in [0.2, 0.25) is 0 Å². The average Bonchev–Trinajstić information content (AvgIpc) is 2.32. The molecular weight excluding hydrogens is 206 g/mol. The fourth-order valence-electron chi connectivity index (χ4n) is 1.87. The van der Waals surface area contributed by atoms with Gasteiger partial charge in [-0.15, -0.1) is 0 Å². The van der Waals surface area contributed by atoms with Gasteiger partial charge in [0.25, 0.3) is 0 Å². The van der Waals surface area contributed by atoms with E-state index < -0.39 is 5.92 Å². The van der Waals surface area contributed by atoms with Gasteiger partial charge in [0.2, 0.25) is 5.91 Å². The summed E-state index contributed by atoms with van der Waals surface area (Å²) in [5.74, 6) is -0.543. The highest BCUT2D eigenvalue weighted by molar-refractivity contribution is 5.81. The van der Waals surface area contributed by atoms with Crippen molar-refractivity contribution in [1.29, 1.82) is 5.26 Å². The van der Waals surface area contributed by atoms with E-state index in [2.05, 4.69) is 4.90 Å². The summed E-state index contributed by atoms with van der Waals surface area (Å²) in [4.78, 5) is 15.7. The number of amides is 1. The molecule has 1 aliphatic heterocycles. The zero-order valence-electron chi connectivity index (χ0n) is 9.72. The Labute approximate surface area is 96.3 Å². The van der Waals surface area contributed by atoms with Crippen LogP contribution >= 0.6 is 0 Å². The van der Waals surface area contributed by atoms with E-state index in [9.17, 15) is 4.79 Å². The molecular formula is C11H19N3O2. The fraction of sp³-hybridized carbons (Fsp3) is 0.818. The van der Waals surface area contributed by atoms with Gasteiger partial charge in [-0.2, -0.15) is 5.26 Å². The lowest BCUT2D eigenvalue weighted by molar-refractivity contribution is -0.135. The third kappa shape index (κ3) is 3.19. The van der Waals surface area contributed by atoms with Crippen LogP contribution in [0.3, 0.4) is 0 Å². The molecule has 0 radical (unpaired) electrons. The Morgan fingerprint density at radius 1 is 1.44 bits per heavy atom. The van der Waals surface area contributed by atoms with Gasteiger partial charge in [-0.1, -0.05) is 6.92 Å². The summed E-state index contributed by atoms with van der Waals surface area (Å²) in [6.45, 7) is 5.57. The Hall–Kier alpha value is -1.12. The number of carbonyl (C=O) groups is 1. The topological polar surface area (TPSA) is 67.6 Å². The van der Waals surface area contributed by atoms with Crippen molar-refractivity contribution < 1.29 is 9.90 Å². The van der Waals surface area contributed by atoms with Crippen LogP contribution in [-0.2, 0) is 4.79 Å². The van der Waals surface area contributed by atoms with Crippen LogP contribution in [0.5, 0.6) is 0 Å². The van der Waals surface area contributed by atoms with E-state index in [1.54, 1.807) is 4.90 Å². The van der Waals surface area contributed by atoms with Gasteiger partial charge in [-0.05, 0) is 6.42 Å². The van der Waals surface area contributed by atoms with Gasteiger partial charge in [0, 0.05) is 32.7 Å². The SMILES string of the molecule is CCC(C#N)C(=O)N1CCN(CCO)CC1. The van der Waals surface area contributed by atoms with Crippen molar-refractivity contribution in [2.45, 2.75) is 13.3 Å². The number of piperazine rings is 1. The predicted octanol–water partition coefficient (Wildman–Crippen LogP) is -0.327. The highest BCUT2D eigenvalue weighted by Crippen LogP contribution is 2.09. The van der Waals surface area contributed by atoms with E-state index in [-0.39, 0.29) is 12.5 Å². The lowest BCUT2D eigenvalue weighted by Gasteiger charge is -2.35. The van der Waals surface area contributed by atoms with Crippen molar-refractivity contribution >= 4 is 5.91 Å². The van der Waals surface area contributed by atoms with Crippen molar-refractivity contribution in [2.24, 2.45) is 5.92 Å². The molecule has 1 amide bonds. The molecule has 16 heavy (non-hydrogen) atoms. The summed E-state index contributed by atoms with van der Waals surface area (Å²) in [5, 5.41) is 17.6. The van der Waals surface area contributed by atoms with E-state index in [0.717, 1.165) is 13.1 Å². The molecule has 0 aromatic heterocycles. The third-order valence-corrected chi connectivity index (χ3v) is 2.96. The Kier molecular flexibility index (Phi) is 5.23. The van der Waals surface area contributed by atoms with Crippen LogP contribution in [0.4, 0.5) is 0 Å². The smallest absolute Gasteiger partial charge is 0.240 e. The van der Waals surface area contributed by atoms with Crippen LogP contribution in [-0.4, -0.2) is 60.1 Å². The molecule has 1 aliphatic rings. The van der Waals surface area contributed by atoms with E-state index in [4.69, 9.17) is 10.4 Å². The average molecular weight is 225 g/mol. The number of nitrogens with zero attached hydrogens (tertiary/aromatic N) is 3. The Balaban J connectivity index is 2.41. The fourth-order valence-corrected chi connectivity index (χ4v) is 1.87. The first-order chi connectivity index (χ1) is 7.72. The molecule has 1 heterocycles. The molecule has 1 rings (SSSR count). The maximum Gasteiger partial charge on any atom is 0.240 e. The molecule has 0 saturated carbocycles. The molecule has 1 fully saturated rings. The van der Waals surface area contributed by atoms with Gasteiger partial charge in [0.1, 0.15) is 5.92 Å². The zero-order valence-corrected chi connectivity index (χ0v) is 9.72. The molecule has 0 bridgehead atoms. The van der Waals surface area contributed by atoms with Crippen LogP contribution < -0.4 is 0 Å². The molecule has 5 heteroatoms. The minimum atomic E-state index is -0.496. The van der Waals surface area contributed by atoms with Crippen LogP contribution in [0.1, 0.15) is 13.3 Å². The maximum atomic E-state index is 11.9. The highest BCUT2D eigenvalue weighted by atomic mass is 16.3. The summed E-state index contributed by atoms with van der Waals surface area (Å²) >= 11 is 0. The molecule has 90 valence electrons. The molecule has 5 nitrogen and oxygen atoms in total. The number of hydrogen-bond donors (Lipinski definition) is 1. The van der Waals surface area contributed by atoms with Crippen LogP contribution in [0.25, 0.3) is 0 Å². The summed E-state index contributed by atoms with van der Waals surface area (Å²) in [6, 6.07) is 2.04.